The van der Waals surface area contributed by atoms with Gasteiger partial charge in [-0.05, 0) is 48.7 Å². The average molecular weight is 537 g/mol. The molecule has 0 saturated carbocycles. The van der Waals surface area contributed by atoms with Crippen LogP contribution in [0.15, 0.2) is 46.5 Å². The zero-order valence-corrected chi connectivity index (χ0v) is 21.9. The van der Waals surface area contributed by atoms with Gasteiger partial charge >= 0.3 is 0 Å². The number of thioether (sulfide) groups is 1. The van der Waals surface area contributed by atoms with E-state index in [1.165, 1.54) is 42.2 Å². The van der Waals surface area contributed by atoms with Crippen LogP contribution in [-0.4, -0.2) is 35.0 Å². The molecule has 0 saturated heterocycles. The molecular formula is C24H24N8O3S2. The monoisotopic (exact) mass is 536 g/mol. The molecule has 37 heavy (non-hydrogen) atoms. The van der Waals surface area contributed by atoms with E-state index in [4.69, 9.17) is 5.73 Å². The predicted molar refractivity (Wildman–Crippen MR) is 140 cm³/mol. The van der Waals surface area contributed by atoms with Gasteiger partial charge in [-0.1, -0.05) is 13.8 Å². The summed E-state index contributed by atoms with van der Waals surface area (Å²) >= 11 is 1.20. The van der Waals surface area contributed by atoms with Gasteiger partial charge in [0.2, 0.25) is 11.9 Å². The Morgan fingerprint density at radius 3 is 2.38 bits per heavy atom. The SMILES string of the molecule is Cc1ccnc(NS(=O)(=O)c2ccc(NC(=O)CCSc3nc(N)c(C#N)c(C(C)C)c3C#N)cc2)n1. The number of sulfonamides is 1. The molecule has 2 heterocycles. The van der Waals surface area contributed by atoms with Gasteiger partial charge in [-0.3, -0.25) is 4.79 Å². The first-order chi connectivity index (χ1) is 17.6. The van der Waals surface area contributed by atoms with E-state index in [0.29, 0.717) is 27.7 Å². The molecule has 0 spiro atoms. The minimum absolute atomic E-state index is 0.0133. The van der Waals surface area contributed by atoms with Gasteiger partial charge in [0.1, 0.15) is 23.0 Å². The summed E-state index contributed by atoms with van der Waals surface area (Å²) < 4.78 is 27.5. The van der Waals surface area contributed by atoms with Crippen molar-refractivity contribution in [2.24, 2.45) is 0 Å². The number of nitrogens with zero attached hydrogens (tertiary/aromatic N) is 5. The van der Waals surface area contributed by atoms with Crippen molar-refractivity contribution in [2.45, 2.75) is 43.0 Å². The number of hydrogen-bond donors (Lipinski definition) is 3. The van der Waals surface area contributed by atoms with Crippen molar-refractivity contribution in [2.75, 3.05) is 21.5 Å². The van der Waals surface area contributed by atoms with Gasteiger partial charge in [0.15, 0.2) is 0 Å². The van der Waals surface area contributed by atoms with Gasteiger partial charge in [0.25, 0.3) is 10.0 Å². The number of anilines is 3. The molecule has 3 rings (SSSR count). The van der Waals surface area contributed by atoms with Crippen LogP contribution >= 0.6 is 11.8 Å². The Morgan fingerprint density at radius 2 is 1.78 bits per heavy atom. The smallest absolute Gasteiger partial charge is 0.264 e. The average Bonchev–Trinajstić information content (AvgIpc) is 2.83. The van der Waals surface area contributed by atoms with E-state index in [1.807, 2.05) is 19.9 Å². The van der Waals surface area contributed by atoms with Gasteiger partial charge in [0, 0.05) is 29.8 Å². The number of nitrogens with two attached hydrogens (primary N) is 1. The molecular weight excluding hydrogens is 512 g/mol. The summed E-state index contributed by atoms with van der Waals surface area (Å²) in [6, 6.07) is 11.4. The third-order valence-corrected chi connectivity index (χ3v) is 7.39. The molecule has 4 N–H and O–H groups in total. The molecule has 13 heteroatoms. The molecule has 0 atom stereocenters. The quantitative estimate of drug-likeness (QED) is 0.341. The maximum atomic E-state index is 12.6. The minimum Gasteiger partial charge on any atom is -0.383 e. The zero-order chi connectivity index (χ0) is 27.2. The number of carbonyl (C=O) groups excluding carboxylic acids is 1. The fraction of sp³-hybridized carbons (Fsp3) is 0.250. The van der Waals surface area contributed by atoms with Gasteiger partial charge in [-0.15, -0.1) is 11.8 Å². The topological polar surface area (TPSA) is 188 Å². The molecule has 0 aliphatic heterocycles. The number of aromatic nitrogens is 3. The lowest BCUT2D eigenvalue weighted by Gasteiger charge is -2.15. The Kier molecular flexibility index (Phi) is 8.65. The number of nitrogen functional groups attached to an aromatic ring is 1. The fourth-order valence-corrected chi connectivity index (χ4v) is 5.26. The van der Waals surface area contributed by atoms with E-state index >= 15 is 0 Å². The third kappa shape index (κ3) is 6.73. The van der Waals surface area contributed by atoms with Crippen LogP contribution in [0.5, 0.6) is 0 Å². The Labute approximate surface area is 219 Å². The highest BCUT2D eigenvalue weighted by Crippen LogP contribution is 2.33. The first-order valence-corrected chi connectivity index (χ1v) is 13.5. The standard InChI is InChI=1S/C24H24N8O3S2/c1-14(2)21-18(12-25)22(27)31-23(19(21)13-26)36-11-9-20(33)30-16-4-6-17(7-5-16)37(34,35)32-24-28-10-8-15(3)29-24/h4-8,10,14H,9,11H2,1-3H3,(H2,27,31)(H,30,33)(H,28,29,32). The van der Waals surface area contributed by atoms with Crippen molar-refractivity contribution in [3.63, 3.8) is 0 Å². The summed E-state index contributed by atoms with van der Waals surface area (Å²) in [6.45, 7) is 5.44. The van der Waals surface area contributed by atoms with Crippen LogP contribution in [0.1, 0.15) is 48.6 Å². The number of benzene rings is 1. The Balaban J connectivity index is 1.62. The fourth-order valence-electron chi connectivity index (χ4n) is 3.37. The second kappa shape index (κ2) is 11.7. The van der Waals surface area contributed by atoms with Crippen LogP contribution in [0.3, 0.4) is 0 Å². The third-order valence-electron chi connectivity index (χ3n) is 5.07. The van der Waals surface area contributed by atoms with Crippen molar-refractivity contribution in [1.29, 1.82) is 10.5 Å². The Morgan fingerprint density at radius 1 is 1.11 bits per heavy atom. The van der Waals surface area contributed by atoms with Crippen molar-refractivity contribution in [3.05, 3.63) is 58.9 Å². The second-order valence-corrected chi connectivity index (χ2v) is 10.9. The van der Waals surface area contributed by atoms with Crippen LogP contribution in [0.2, 0.25) is 0 Å². The molecule has 0 aliphatic rings. The molecule has 0 aliphatic carbocycles. The molecule has 0 unspecified atom stereocenters. The molecule has 1 aromatic carbocycles. The van der Waals surface area contributed by atoms with E-state index in [0.717, 1.165) is 0 Å². The highest BCUT2D eigenvalue weighted by molar-refractivity contribution is 7.99. The maximum absolute atomic E-state index is 12.6. The van der Waals surface area contributed by atoms with Crippen LogP contribution < -0.4 is 15.8 Å². The Hall–Kier alpha value is -4.20. The summed E-state index contributed by atoms with van der Waals surface area (Å²) in [5.74, 6) is -0.0882. The summed E-state index contributed by atoms with van der Waals surface area (Å²) in [7, 11) is -3.90. The van der Waals surface area contributed by atoms with Gasteiger partial charge in [0.05, 0.1) is 16.0 Å². The van der Waals surface area contributed by atoms with E-state index in [9.17, 15) is 23.7 Å². The molecule has 0 fully saturated rings. The highest BCUT2D eigenvalue weighted by Gasteiger charge is 2.21. The summed E-state index contributed by atoms with van der Waals surface area (Å²) in [4.78, 5) is 24.5. The van der Waals surface area contributed by atoms with Crippen LogP contribution in [0, 0.1) is 29.6 Å². The van der Waals surface area contributed by atoms with Crippen molar-refractivity contribution >= 4 is 45.1 Å². The van der Waals surface area contributed by atoms with E-state index in [2.05, 4.69) is 31.1 Å². The summed E-state index contributed by atoms with van der Waals surface area (Å²) in [5.41, 5.74) is 7.99. The highest BCUT2D eigenvalue weighted by atomic mass is 32.2. The van der Waals surface area contributed by atoms with Crippen molar-refractivity contribution in [1.82, 2.24) is 15.0 Å². The predicted octanol–water partition coefficient (Wildman–Crippen LogP) is 3.55. The summed E-state index contributed by atoms with van der Waals surface area (Å²) in [6.07, 6.45) is 1.55. The van der Waals surface area contributed by atoms with E-state index in [1.54, 1.807) is 13.0 Å². The zero-order valence-electron chi connectivity index (χ0n) is 20.3. The number of nitriles is 2. The molecule has 3 aromatic rings. The van der Waals surface area contributed by atoms with Gasteiger partial charge < -0.3 is 11.1 Å². The second-order valence-electron chi connectivity index (χ2n) is 8.14. The minimum atomic E-state index is -3.90. The molecule has 2 aromatic heterocycles. The number of aryl methyl sites for hydroxylation is 1. The number of amides is 1. The number of nitrogens with one attached hydrogen (secondary N) is 2. The number of hydrogen-bond acceptors (Lipinski definition) is 10. The Bertz CT molecular complexity index is 1510. The number of rotatable bonds is 9. The van der Waals surface area contributed by atoms with Crippen LogP contribution in [0.4, 0.5) is 17.5 Å². The van der Waals surface area contributed by atoms with Gasteiger partial charge in [-0.25, -0.2) is 28.1 Å². The first-order valence-electron chi connectivity index (χ1n) is 11.0. The van der Waals surface area contributed by atoms with E-state index in [-0.39, 0.29) is 46.0 Å². The van der Waals surface area contributed by atoms with Crippen molar-refractivity contribution < 1.29 is 13.2 Å². The summed E-state index contributed by atoms with van der Waals surface area (Å²) in [5, 5.41) is 22.1. The molecule has 0 radical (unpaired) electrons. The van der Waals surface area contributed by atoms with Crippen molar-refractivity contribution in [3.8, 4) is 12.1 Å². The lowest BCUT2D eigenvalue weighted by molar-refractivity contribution is -0.115. The molecule has 11 nitrogen and oxygen atoms in total. The van der Waals surface area contributed by atoms with Gasteiger partial charge in [-0.2, -0.15) is 10.5 Å². The molecule has 190 valence electrons. The van der Waals surface area contributed by atoms with E-state index < -0.39 is 10.0 Å². The largest absolute Gasteiger partial charge is 0.383 e. The maximum Gasteiger partial charge on any atom is 0.264 e. The van der Waals surface area contributed by atoms with Crippen LogP contribution in [0.25, 0.3) is 0 Å². The lowest BCUT2D eigenvalue weighted by atomic mass is 9.94. The first kappa shape index (κ1) is 27.4. The number of pyridine rings is 1. The molecule has 0 bridgehead atoms. The normalized spacial score (nSPS) is 11.0. The molecule has 1 amide bonds. The lowest BCUT2D eigenvalue weighted by Crippen LogP contribution is -2.16. The van der Waals surface area contributed by atoms with Crippen LogP contribution in [-0.2, 0) is 14.8 Å². The number of carbonyl (C=O) groups is 1.